The third-order valence-corrected chi connectivity index (χ3v) is 5.67. The Kier molecular flexibility index (Phi) is 5.11. The van der Waals surface area contributed by atoms with Crippen molar-refractivity contribution in [1.82, 2.24) is 10.1 Å². The molecule has 1 aliphatic heterocycles. The van der Waals surface area contributed by atoms with Crippen LogP contribution in [0.3, 0.4) is 0 Å². The molecule has 1 amide bonds. The van der Waals surface area contributed by atoms with E-state index in [0.717, 1.165) is 11.3 Å². The molecule has 2 heterocycles. The highest BCUT2D eigenvalue weighted by atomic mass is 19.1. The second kappa shape index (κ2) is 8.23. The zero-order valence-electron chi connectivity index (χ0n) is 17.1. The molecule has 0 saturated carbocycles. The van der Waals surface area contributed by atoms with Gasteiger partial charge in [0.15, 0.2) is 11.5 Å². The van der Waals surface area contributed by atoms with E-state index in [4.69, 9.17) is 4.52 Å². The van der Waals surface area contributed by atoms with Crippen molar-refractivity contribution in [3.05, 3.63) is 113 Å². The first-order valence-corrected chi connectivity index (χ1v) is 10.3. The molecule has 0 aliphatic carbocycles. The molecule has 3 aromatic carbocycles. The Bertz CT molecular complexity index is 1300. The summed E-state index contributed by atoms with van der Waals surface area (Å²) < 4.78 is 18.9. The second-order valence-corrected chi connectivity index (χ2v) is 7.66. The average molecular weight is 426 g/mol. The fourth-order valence-electron chi connectivity index (χ4n) is 4.00. The summed E-state index contributed by atoms with van der Waals surface area (Å²) in [5.74, 6) is -0.212. The Morgan fingerprint density at radius 3 is 2.31 bits per heavy atom. The van der Waals surface area contributed by atoms with Gasteiger partial charge in [0.25, 0.3) is 5.91 Å². The number of amides is 1. The topological polar surface area (TPSA) is 63.4 Å². The van der Waals surface area contributed by atoms with E-state index < -0.39 is 0 Å². The quantitative estimate of drug-likeness (QED) is 0.435. The molecule has 1 aromatic heterocycles. The molecule has 4 aromatic rings. The molecule has 0 fully saturated rings. The van der Waals surface area contributed by atoms with Gasteiger partial charge in [-0.2, -0.15) is 0 Å². The molecular weight excluding hydrogens is 407 g/mol. The summed E-state index contributed by atoms with van der Waals surface area (Å²) in [6.07, 6.45) is 0.542. The minimum atomic E-state index is -0.335. The summed E-state index contributed by atoms with van der Waals surface area (Å²) in [6.45, 7) is 0.771. The Morgan fingerprint density at radius 1 is 0.875 bits per heavy atom. The van der Waals surface area contributed by atoms with Gasteiger partial charge in [-0.15, -0.1) is 0 Å². The van der Waals surface area contributed by atoms with Gasteiger partial charge in [-0.25, -0.2) is 4.39 Å². The number of carbonyl (C=O) groups excluding carboxylic acids is 2. The molecular formula is C26H19FN2O3. The maximum atomic E-state index is 13.5. The smallest absolute Gasteiger partial charge is 0.254 e. The highest BCUT2D eigenvalue weighted by Gasteiger charge is 2.29. The number of rotatable bonds is 4. The largest absolute Gasteiger partial charge is 0.356 e. The summed E-state index contributed by atoms with van der Waals surface area (Å²) in [5, 5.41) is 4.15. The van der Waals surface area contributed by atoms with Gasteiger partial charge >= 0.3 is 0 Å². The fourth-order valence-corrected chi connectivity index (χ4v) is 4.00. The lowest BCUT2D eigenvalue weighted by Crippen LogP contribution is -2.36. The second-order valence-electron chi connectivity index (χ2n) is 7.66. The molecule has 32 heavy (non-hydrogen) atoms. The normalized spacial score (nSPS) is 13.0. The van der Waals surface area contributed by atoms with Gasteiger partial charge in [-0.05, 0) is 30.3 Å². The van der Waals surface area contributed by atoms with Gasteiger partial charge in [-0.3, -0.25) is 9.59 Å². The van der Waals surface area contributed by atoms with Crippen molar-refractivity contribution >= 4 is 11.7 Å². The highest BCUT2D eigenvalue weighted by Crippen LogP contribution is 2.31. The van der Waals surface area contributed by atoms with E-state index in [1.165, 1.54) is 12.1 Å². The van der Waals surface area contributed by atoms with E-state index in [9.17, 15) is 14.0 Å². The molecule has 158 valence electrons. The van der Waals surface area contributed by atoms with Crippen molar-refractivity contribution in [3.8, 4) is 11.3 Å². The molecule has 0 saturated heterocycles. The van der Waals surface area contributed by atoms with E-state index in [0.29, 0.717) is 47.5 Å². The molecule has 5 nitrogen and oxygen atoms in total. The molecule has 0 unspecified atom stereocenters. The van der Waals surface area contributed by atoms with Gasteiger partial charge in [0.2, 0.25) is 0 Å². The van der Waals surface area contributed by atoms with Gasteiger partial charge in [0.05, 0.1) is 17.8 Å². The fraction of sp³-hybridized carbons (Fsp3) is 0.115. The highest BCUT2D eigenvalue weighted by molar-refractivity contribution is 6.15. The maximum Gasteiger partial charge on any atom is 0.254 e. The number of ketones is 1. The Morgan fingerprint density at radius 2 is 1.56 bits per heavy atom. The predicted octanol–water partition coefficient (Wildman–Crippen LogP) is 4.91. The number of hydrogen-bond acceptors (Lipinski definition) is 4. The molecule has 6 heteroatoms. The Balaban J connectivity index is 1.45. The van der Waals surface area contributed by atoms with Crippen molar-refractivity contribution in [1.29, 1.82) is 0 Å². The lowest BCUT2D eigenvalue weighted by molar-refractivity contribution is 0.0730. The summed E-state index contributed by atoms with van der Waals surface area (Å²) in [6, 6.07) is 21.8. The number of hydrogen-bond donors (Lipinski definition) is 0. The minimum absolute atomic E-state index is 0.191. The van der Waals surface area contributed by atoms with Crippen LogP contribution in [-0.2, 0) is 13.0 Å². The van der Waals surface area contributed by atoms with E-state index in [2.05, 4.69) is 5.16 Å². The standard InChI is InChI=1S/C26H19FN2O3/c27-19-12-10-18(11-13-19)25-22-16-29(15-14-23(22)28-32-25)26(31)21-9-5-4-8-20(21)24(30)17-6-2-1-3-7-17/h1-13H,14-16H2. The first-order valence-electron chi connectivity index (χ1n) is 10.3. The van der Waals surface area contributed by atoms with Crippen LogP contribution in [0.4, 0.5) is 4.39 Å². The lowest BCUT2D eigenvalue weighted by atomic mass is 9.96. The summed E-state index contributed by atoms with van der Waals surface area (Å²) in [5.41, 5.74) is 3.58. The van der Waals surface area contributed by atoms with Crippen molar-refractivity contribution < 1.29 is 18.5 Å². The summed E-state index contributed by atoms with van der Waals surface area (Å²) in [7, 11) is 0. The molecule has 0 spiro atoms. The number of carbonyl (C=O) groups is 2. The maximum absolute atomic E-state index is 13.5. The molecule has 1 aliphatic rings. The number of nitrogens with zero attached hydrogens (tertiary/aromatic N) is 2. The van der Waals surface area contributed by atoms with E-state index in [1.807, 2.05) is 6.07 Å². The van der Waals surface area contributed by atoms with Crippen molar-refractivity contribution in [3.63, 3.8) is 0 Å². The van der Waals surface area contributed by atoms with E-state index >= 15 is 0 Å². The SMILES string of the molecule is O=C(c1ccccc1)c1ccccc1C(=O)N1CCc2noc(-c3ccc(F)cc3)c2C1. The first-order chi connectivity index (χ1) is 15.6. The van der Waals surface area contributed by atoms with Crippen LogP contribution in [0.5, 0.6) is 0 Å². The Labute approximate surface area is 184 Å². The van der Waals surface area contributed by atoms with Crippen LogP contribution in [-0.4, -0.2) is 28.3 Å². The van der Waals surface area contributed by atoms with Crippen molar-refractivity contribution in [2.45, 2.75) is 13.0 Å². The molecule has 0 bridgehead atoms. The number of fused-ring (bicyclic) bond motifs is 1. The predicted molar refractivity (Wildman–Crippen MR) is 117 cm³/mol. The number of aromatic nitrogens is 1. The summed E-state index contributed by atoms with van der Waals surface area (Å²) in [4.78, 5) is 28.2. The molecule has 0 N–H and O–H groups in total. The third kappa shape index (κ3) is 3.60. The average Bonchev–Trinajstić information content (AvgIpc) is 3.27. The van der Waals surface area contributed by atoms with Crippen molar-refractivity contribution in [2.24, 2.45) is 0 Å². The number of benzene rings is 3. The van der Waals surface area contributed by atoms with Crippen LogP contribution in [0, 0.1) is 5.82 Å². The zero-order valence-corrected chi connectivity index (χ0v) is 17.1. The summed E-state index contributed by atoms with van der Waals surface area (Å²) >= 11 is 0. The Hall–Kier alpha value is -4.06. The third-order valence-electron chi connectivity index (χ3n) is 5.67. The molecule has 0 atom stereocenters. The van der Waals surface area contributed by atoms with Crippen LogP contribution in [0.2, 0.25) is 0 Å². The molecule has 0 radical (unpaired) electrons. The minimum Gasteiger partial charge on any atom is -0.356 e. The van der Waals surface area contributed by atoms with Crippen LogP contribution in [0.25, 0.3) is 11.3 Å². The van der Waals surface area contributed by atoms with Gasteiger partial charge in [0.1, 0.15) is 5.82 Å². The molecule has 5 rings (SSSR count). The van der Waals surface area contributed by atoms with Crippen molar-refractivity contribution in [2.75, 3.05) is 6.54 Å². The monoisotopic (exact) mass is 426 g/mol. The first kappa shape index (κ1) is 19.9. The van der Waals surface area contributed by atoms with Gasteiger partial charge < -0.3 is 9.42 Å². The zero-order chi connectivity index (χ0) is 22.1. The van der Waals surface area contributed by atoms with E-state index in [1.54, 1.807) is 65.6 Å². The number of halogens is 1. The lowest BCUT2D eigenvalue weighted by Gasteiger charge is -2.27. The van der Waals surface area contributed by atoms with Gasteiger partial charge in [0, 0.05) is 35.2 Å². The van der Waals surface area contributed by atoms with Crippen LogP contribution in [0.1, 0.15) is 37.5 Å². The van der Waals surface area contributed by atoms with Crippen LogP contribution < -0.4 is 0 Å². The van der Waals surface area contributed by atoms with Crippen LogP contribution in [0.15, 0.2) is 83.4 Å². The van der Waals surface area contributed by atoms with Gasteiger partial charge in [-0.1, -0.05) is 53.7 Å². The van der Waals surface area contributed by atoms with Crippen LogP contribution >= 0.6 is 0 Å². The van der Waals surface area contributed by atoms with E-state index in [-0.39, 0.29) is 17.5 Å².